The number of aryl methyl sites for hydroxylation is 1. The summed E-state index contributed by atoms with van der Waals surface area (Å²) in [6.07, 6.45) is 1.65. The lowest BCUT2D eigenvalue weighted by Gasteiger charge is -2.10. The van der Waals surface area contributed by atoms with Crippen molar-refractivity contribution in [3.8, 4) is 11.4 Å². The zero-order valence-corrected chi connectivity index (χ0v) is 10.3. The second kappa shape index (κ2) is 4.65. The first kappa shape index (κ1) is 11.8. The molecule has 0 aliphatic rings. The molecule has 0 amide bonds. The highest BCUT2D eigenvalue weighted by Gasteiger charge is 2.13. The zero-order valence-electron chi connectivity index (χ0n) is 10.3. The molecule has 0 spiro atoms. The van der Waals surface area contributed by atoms with Gasteiger partial charge in [-0.25, -0.2) is 4.39 Å². The van der Waals surface area contributed by atoms with Gasteiger partial charge in [0.2, 0.25) is 0 Å². The first-order chi connectivity index (χ1) is 8.09. The number of benzene rings is 1. The predicted octanol–water partition coefficient (Wildman–Crippen LogP) is 3.05. The van der Waals surface area contributed by atoms with Crippen LogP contribution in [-0.2, 0) is 6.54 Å². The quantitative estimate of drug-likeness (QED) is 0.815. The van der Waals surface area contributed by atoms with Crippen LogP contribution < -0.4 is 0 Å². The smallest absolute Gasteiger partial charge is 0.166 e. The average molecular weight is 233 g/mol. The number of hydrogen-bond acceptors (Lipinski definition) is 2. The molecule has 0 aliphatic heterocycles. The van der Waals surface area contributed by atoms with E-state index >= 15 is 0 Å². The van der Waals surface area contributed by atoms with Crippen LogP contribution >= 0.6 is 0 Å². The summed E-state index contributed by atoms with van der Waals surface area (Å²) >= 11 is 0. The van der Waals surface area contributed by atoms with Crippen molar-refractivity contribution in [1.29, 1.82) is 0 Å². The van der Waals surface area contributed by atoms with Crippen LogP contribution in [0.4, 0.5) is 4.39 Å². The Kier molecular flexibility index (Phi) is 3.22. The highest BCUT2D eigenvalue weighted by molar-refractivity contribution is 5.57. The van der Waals surface area contributed by atoms with Crippen molar-refractivity contribution in [3.05, 3.63) is 35.9 Å². The van der Waals surface area contributed by atoms with E-state index in [2.05, 4.69) is 24.0 Å². The molecule has 0 N–H and O–H groups in total. The van der Waals surface area contributed by atoms with Gasteiger partial charge in [-0.05, 0) is 24.5 Å². The van der Waals surface area contributed by atoms with Crippen LogP contribution in [0.3, 0.4) is 0 Å². The van der Waals surface area contributed by atoms with Crippen LogP contribution in [0.1, 0.15) is 19.4 Å². The number of hydrogen-bond donors (Lipinski definition) is 0. The van der Waals surface area contributed by atoms with Crippen molar-refractivity contribution in [2.24, 2.45) is 5.92 Å². The molecule has 4 heteroatoms. The van der Waals surface area contributed by atoms with Gasteiger partial charge in [-0.1, -0.05) is 26.0 Å². The van der Waals surface area contributed by atoms with Gasteiger partial charge in [0.1, 0.15) is 12.1 Å². The molecule has 0 aliphatic carbocycles. The summed E-state index contributed by atoms with van der Waals surface area (Å²) in [5.74, 6) is 0.850. The maximum absolute atomic E-state index is 14.0. The lowest BCUT2D eigenvalue weighted by Crippen LogP contribution is -2.06. The summed E-state index contributed by atoms with van der Waals surface area (Å²) in [5.41, 5.74) is 1.14. The Morgan fingerprint density at radius 3 is 2.82 bits per heavy atom. The summed E-state index contributed by atoms with van der Waals surface area (Å²) in [5, 5.41) is 7.88. The topological polar surface area (TPSA) is 30.7 Å². The second-order valence-corrected chi connectivity index (χ2v) is 4.64. The van der Waals surface area contributed by atoms with E-state index in [0.29, 0.717) is 22.9 Å². The molecule has 1 aromatic heterocycles. The third kappa shape index (κ3) is 2.35. The summed E-state index contributed by atoms with van der Waals surface area (Å²) in [6, 6.07) is 5.33. The van der Waals surface area contributed by atoms with E-state index < -0.39 is 0 Å². The van der Waals surface area contributed by atoms with E-state index in [-0.39, 0.29) is 5.82 Å². The summed E-state index contributed by atoms with van der Waals surface area (Å²) in [4.78, 5) is 0. The minimum absolute atomic E-state index is 0.217. The van der Waals surface area contributed by atoms with Gasteiger partial charge < -0.3 is 4.57 Å². The van der Waals surface area contributed by atoms with Gasteiger partial charge in [0, 0.05) is 6.54 Å². The van der Waals surface area contributed by atoms with Gasteiger partial charge in [-0.2, -0.15) is 0 Å². The molecule has 0 saturated carbocycles. The maximum atomic E-state index is 14.0. The molecule has 0 unspecified atom stereocenters. The molecule has 0 radical (unpaired) electrons. The van der Waals surface area contributed by atoms with Gasteiger partial charge in [-0.3, -0.25) is 0 Å². The summed E-state index contributed by atoms with van der Waals surface area (Å²) < 4.78 is 15.9. The Hall–Kier alpha value is -1.71. The molecule has 2 aromatic rings. The van der Waals surface area contributed by atoms with Crippen molar-refractivity contribution in [2.75, 3.05) is 0 Å². The number of nitrogens with zero attached hydrogens (tertiary/aromatic N) is 3. The molecular weight excluding hydrogens is 217 g/mol. The van der Waals surface area contributed by atoms with Crippen LogP contribution in [0.5, 0.6) is 0 Å². The molecule has 0 fully saturated rings. The fourth-order valence-corrected chi connectivity index (χ4v) is 1.81. The zero-order chi connectivity index (χ0) is 12.4. The largest absolute Gasteiger partial charge is 0.313 e. The molecule has 2 rings (SSSR count). The second-order valence-electron chi connectivity index (χ2n) is 4.64. The highest BCUT2D eigenvalue weighted by atomic mass is 19.1. The SMILES string of the molecule is Cc1cccc(-c2nncn2CC(C)C)c1F. The van der Waals surface area contributed by atoms with Crippen LogP contribution in [0.15, 0.2) is 24.5 Å². The fraction of sp³-hybridized carbons (Fsp3) is 0.385. The van der Waals surface area contributed by atoms with Crippen LogP contribution in [0, 0.1) is 18.7 Å². The molecule has 1 aromatic carbocycles. The molecule has 0 atom stereocenters. The highest BCUT2D eigenvalue weighted by Crippen LogP contribution is 2.23. The lowest BCUT2D eigenvalue weighted by molar-refractivity contribution is 0.523. The van der Waals surface area contributed by atoms with E-state index in [9.17, 15) is 4.39 Å². The Balaban J connectivity index is 2.46. The first-order valence-electron chi connectivity index (χ1n) is 5.73. The molecule has 3 nitrogen and oxygen atoms in total. The fourth-order valence-electron chi connectivity index (χ4n) is 1.81. The van der Waals surface area contributed by atoms with Gasteiger partial charge in [0.15, 0.2) is 5.82 Å². The molecule has 90 valence electrons. The Bertz CT molecular complexity index is 517. The van der Waals surface area contributed by atoms with Crippen molar-refractivity contribution in [2.45, 2.75) is 27.3 Å². The summed E-state index contributed by atoms with van der Waals surface area (Å²) in [6.45, 7) is 6.75. The van der Waals surface area contributed by atoms with Crippen LogP contribution in [0.25, 0.3) is 11.4 Å². The van der Waals surface area contributed by atoms with Gasteiger partial charge >= 0.3 is 0 Å². The van der Waals surface area contributed by atoms with E-state index in [1.54, 1.807) is 25.4 Å². The molecule has 0 bridgehead atoms. The van der Waals surface area contributed by atoms with Crippen molar-refractivity contribution in [3.63, 3.8) is 0 Å². The molecular formula is C13H16FN3. The van der Waals surface area contributed by atoms with Gasteiger partial charge in [-0.15, -0.1) is 10.2 Å². The van der Waals surface area contributed by atoms with Crippen molar-refractivity contribution in [1.82, 2.24) is 14.8 Å². The van der Waals surface area contributed by atoms with E-state index in [1.807, 2.05) is 10.6 Å². The predicted molar refractivity (Wildman–Crippen MR) is 65.0 cm³/mol. The van der Waals surface area contributed by atoms with Crippen molar-refractivity contribution < 1.29 is 4.39 Å². The van der Waals surface area contributed by atoms with Gasteiger partial charge in [0.25, 0.3) is 0 Å². The molecule has 1 heterocycles. The third-order valence-electron chi connectivity index (χ3n) is 2.61. The lowest BCUT2D eigenvalue weighted by atomic mass is 10.1. The summed E-state index contributed by atoms with van der Waals surface area (Å²) in [7, 11) is 0. The minimum Gasteiger partial charge on any atom is -0.313 e. The number of aromatic nitrogens is 3. The molecule has 17 heavy (non-hydrogen) atoms. The van der Waals surface area contributed by atoms with E-state index in [4.69, 9.17) is 0 Å². The van der Waals surface area contributed by atoms with Crippen LogP contribution in [0.2, 0.25) is 0 Å². The Morgan fingerprint density at radius 1 is 1.35 bits per heavy atom. The van der Waals surface area contributed by atoms with E-state index in [0.717, 1.165) is 6.54 Å². The monoisotopic (exact) mass is 233 g/mol. The first-order valence-corrected chi connectivity index (χ1v) is 5.73. The van der Waals surface area contributed by atoms with Crippen LogP contribution in [-0.4, -0.2) is 14.8 Å². The third-order valence-corrected chi connectivity index (χ3v) is 2.61. The Morgan fingerprint density at radius 2 is 2.12 bits per heavy atom. The number of halogens is 1. The standard InChI is InChI=1S/C13H16FN3/c1-9(2)7-17-8-15-16-13(17)11-6-4-5-10(3)12(11)14/h4-6,8-9H,7H2,1-3H3. The van der Waals surface area contributed by atoms with Crippen molar-refractivity contribution >= 4 is 0 Å². The van der Waals surface area contributed by atoms with E-state index in [1.165, 1.54) is 0 Å². The van der Waals surface area contributed by atoms with Gasteiger partial charge in [0.05, 0.1) is 5.56 Å². The normalized spacial score (nSPS) is 11.1. The Labute approximate surface area is 100 Å². The molecule has 0 saturated heterocycles. The number of rotatable bonds is 3. The minimum atomic E-state index is -0.217. The average Bonchev–Trinajstić information content (AvgIpc) is 2.69. The maximum Gasteiger partial charge on any atom is 0.166 e.